The number of benzene rings is 1. The highest BCUT2D eigenvalue weighted by Crippen LogP contribution is 2.22. The van der Waals surface area contributed by atoms with Crippen molar-refractivity contribution in [3.63, 3.8) is 0 Å². The smallest absolute Gasteiger partial charge is 0.131 e. The number of aryl methyl sites for hydroxylation is 2. The first-order valence-electron chi connectivity index (χ1n) is 6.12. The third-order valence-electron chi connectivity index (χ3n) is 2.96. The summed E-state index contributed by atoms with van der Waals surface area (Å²) in [7, 11) is 1.90. The van der Waals surface area contributed by atoms with Crippen molar-refractivity contribution in [1.29, 1.82) is 0 Å². The predicted molar refractivity (Wildman–Crippen MR) is 77.2 cm³/mol. The molecule has 0 amide bonds. The van der Waals surface area contributed by atoms with E-state index in [4.69, 9.17) is 9.84 Å². The lowest BCUT2D eigenvalue weighted by molar-refractivity contribution is 0.292. The van der Waals surface area contributed by atoms with Gasteiger partial charge < -0.3 is 9.84 Å². The molecular weight excluding hydrogens is 308 g/mol. The highest BCUT2D eigenvalue weighted by molar-refractivity contribution is 9.10. The quantitative estimate of drug-likeness (QED) is 0.919. The Hall–Kier alpha value is -1.33. The minimum absolute atomic E-state index is 0.168. The van der Waals surface area contributed by atoms with Crippen LogP contribution in [0.2, 0.25) is 0 Å². The fraction of sp³-hybridized carbons (Fsp3) is 0.357. The fourth-order valence-electron chi connectivity index (χ4n) is 1.87. The molecule has 1 aromatic carbocycles. The van der Waals surface area contributed by atoms with Gasteiger partial charge in [-0.25, -0.2) is 0 Å². The lowest BCUT2D eigenvalue weighted by atomic mass is 10.1. The van der Waals surface area contributed by atoms with E-state index in [1.54, 1.807) is 0 Å². The molecule has 0 saturated carbocycles. The maximum absolute atomic E-state index is 8.86. The Kier molecular flexibility index (Phi) is 4.61. The molecule has 102 valence electrons. The summed E-state index contributed by atoms with van der Waals surface area (Å²) in [6.07, 6.45) is 0.673. The molecule has 4 nitrogen and oxygen atoms in total. The first-order chi connectivity index (χ1) is 9.11. The molecule has 0 unspecified atom stereocenters. The molecule has 2 aromatic rings. The van der Waals surface area contributed by atoms with Gasteiger partial charge in [0.05, 0.1) is 15.9 Å². The first kappa shape index (κ1) is 14.1. The number of halogens is 1. The van der Waals surface area contributed by atoms with Gasteiger partial charge in [0.25, 0.3) is 0 Å². The maximum Gasteiger partial charge on any atom is 0.131 e. The van der Waals surface area contributed by atoms with E-state index in [-0.39, 0.29) is 6.61 Å². The largest absolute Gasteiger partial charge is 0.487 e. The number of nitrogens with zero attached hydrogens (tertiary/aromatic N) is 2. The Labute approximate surface area is 121 Å². The molecule has 0 atom stereocenters. The summed E-state index contributed by atoms with van der Waals surface area (Å²) >= 11 is 3.52. The van der Waals surface area contributed by atoms with E-state index in [2.05, 4.69) is 21.0 Å². The normalized spacial score (nSPS) is 10.7. The Balaban J connectivity index is 2.02. The average molecular weight is 325 g/mol. The second kappa shape index (κ2) is 6.21. The van der Waals surface area contributed by atoms with Crippen LogP contribution in [0.3, 0.4) is 0 Å². The Morgan fingerprint density at radius 1 is 1.32 bits per heavy atom. The standard InChI is InChI=1S/C14H17BrN2O2/c1-10-14(15)13(17(2)16-10)9-19-12-5-3-11(4-6-12)7-8-18/h3-6,18H,7-9H2,1-2H3. The zero-order chi connectivity index (χ0) is 13.8. The van der Waals surface area contributed by atoms with Gasteiger partial charge in [0.1, 0.15) is 12.4 Å². The number of hydrogen-bond donors (Lipinski definition) is 1. The maximum atomic E-state index is 8.86. The van der Waals surface area contributed by atoms with Crippen molar-refractivity contribution in [3.8, 4) is 5.75 Å². The second-order valence-corrected chi connectivity index (χ2v) is 5.17. The molecule has 2 rings (SSSR count). The van der Waals surface area contributed by atoms with E-state index in [9.17, 15) is 0 Å². The Bertz CT molecular complexity index is 549. The SMILES string of the molecule is Cc1nn(C)c(COc2ccc(CCO)cc2)c1Br. The topological polar surface area (TPSA) is 47.3 Å². The molecule has 0 radical (unpaired) electrons. The highest BCUT2D eigenvalue weighted by Gasteiger charge is 2.10. The molecular formula is C14H17BrN2O2. The molecule has 5 heteroatoms. The van der Waals surface area contributed by atoms with E-state index in [1.807, 2.05) is 42.9 Å². The van der Waals surface area contributed by atoms with Crippen LogP contribution in [0.1, 0.15) is 17.0 Å². The first-order valence-corrected chi connectivity index (χ1v) is 6.91. The summed E-state index contributed by atoms with van der Waals surface area (Å²) in [5.41, 5.74) is 3.07. The number of aromatic nitrogens is 2. The van der Waals surface area contributed by atoms with E-state index in [0.717, 1.165) is 27.2 Å². The minimum Gasteiger partial charge on any atom is -0.487 e. The molecule has 0 aliphatic heterocycles. The number of aliphatic hydroxyl groups excluding tert-OH is 1. The zero-order valence-electron chi connectivity index (χ0n) is 11.1. The second-order valence-electron chi connectivity index (χ2n) is 4.38. The Morgan fingerprint density at radius 2 is 2.00 bits per heavy atom. The summed E-state index contributed by atoms with van der Waals surface area (Å²) in [5.74, 6) is 0.812. The van der Waals surface area contributed by atoms with Crippen LogP contribution in [0.25, 0.3) is 0 Å². The zero-order valence-corrected chi connectivity index (χ0v) is 12.6. The Morgan fingerprint density at radius 3 is 2.53 bits per heavy atom. The fourth-order valence-corrected chi connectivity index (χ4v) is 2.32. The molecule has 0 fully saturated rings. The van der Waals surface area contributed by atoms with Gasteiger partial charge in [-0.05, 0) is 47.0 Å². The minimum atomic E-state index is 0.168. The number of aliphatic hydroxyl groups is 1. The third kappa shape index (κ3) is 3.36. The lowest BCUT2D eigenvalue weighted by Gasteiger charge is -2.08. The van der Waals surface area contributed by atoms with Crippen molar-refractivity contribution in [3.05, 3.63) is 45.7 Å². The van der Waals surface area contributed by atoms with Crippen molar-refractivity contribution in [2.75, 3.05) is 6.61 Å². The van der Waals surface area contributed by atoms with E-state index < -0.39 is 0 Å². The van der Waals surface area contributed by atoms with Gasteiger partial charge in [-0.2, -0.15) is 5.10 Å². The predicted octanol–water partition coefficient (Wildman–Crippen LogP) is 2.60. The summed E-state index contributed by atoms with van der Waals surface area (Å²) in [5, 5.41) is 13.2. The van der Waals surface area contributed by atoms with Crippen LogP contribution in [-0.4, -0.2) is 21.5 Å². The van der Waals surface area contributed by atoms with Crippen molar-refractivity contribution in [2.24, 2.45) is 7.05 Å². The van der Waals surface area contributed by atoms with Gasteiger partial charge in [-0.1, -0.05) is 12.1 Å². The molecule has 0 bridgehead atoms. The number of rotatable bonds is 5. The molecule has 1 heterocycles. The monoisotopic (exact) mass is 324 g/mol. The summed E-state index contributed by atoms with van der Waals surface area (Å²) in [6.45, 7) is 2.59. The van der Waals surface area contributed by atoms with E-state index in [1.165, 1.54) is 0 Å². The third-order valence-corrected chi connectivity index (χ3v) is 3.99. The van der Waals surface area contributed by atoms with Gasteiger partial charge in [-0.3, -0.25) is 4.68 Å². The molecule has 1 aromatic heterocycles. The lowest BCUT2D eigenvalue weighted by Crippen LogP contribution is -2.03. The van der Waals surface area contributed by atoms with E-state index in [0.29, 0.717) is 13.0 Å². The van der Waals surface area contributed by atoms with Crippen molar-refractivity contribution >= 4 is 15.9 Å². The van der Waals surface area contributed by atoms with Crippen molar-refractivity contribution < 1.29 is 9.84 Å². The summed E-state index contributed by atoms with van der Waals surface area (Å²) in [4.78, 5) is 0. The molecule has 1 N–H and O–H groups in total. The number of ether oxygens (including phenoxy) is 1. The van der Waals surface area contributed by atoms with E-state index >= 15 is 0 Å². The summed E-state index contributed by atoms with van der Waals surface area (Å²) < 4.78 is 8.56. The number of hydrogen-bond acceptors (Lipinski definition) is 3. The van der Waals surface area contributed by atoms with Crippen LogP contribution in [0.15, 0.2) is 28.7 Å². The van der Waals surface area contributed by atoms with Gasteiger partial charge in [-0.15, -0.1) is 0 Å². The van der Waals surface area contributed by atoms with Gasteiger partial charge in [0.15, 0.2) is 0 Å². The van der Waals surface area contributed by atoms with Gasteiger partial charge in [0.2, 0.25) is 0 Å². The van der Waals surface area contributed by atoms with Crippen molar-refractivity contribution in [2.45, 2.75) is 20.0 Å². The highest BCUT2D eigenvalue weighted by atomic mass is 79.9. The average Bonchev–Trinajstić information content (AvgIpc) is 2.64. The van der Waals surface area contributed by atoms with Gasteiger partial charge in [0, 0.05) is 13.7 Å². The van der Waals surface area contributed by atoms with Crippen molar-refractivity contribution in [1.82, 2.24) is 9.78 Å². The molecule has 0 spiro atoms. The van der Waals surface area contributed by atoms with Crippen LogP contribution in [0, 0.1) is 6.92 Å². The van der Waals surface area contributed by atoms with Gasteiger partial charge >= 0.3 is 0 Å². The van der Waals surface area contributed by atoms with Crippen LogP contribution in [0.4, 0.5) is 0 Å². The molecule has 0 aliphatic rings. The van der Waals surface area contributed by atoms with Crippen LogP contribution < -0.4 is 4.74 Å². The molecule has 0 aliphatic carbocycles. The summed E-state index contributed by atoms with van der Waals surface area (Å²) in [6, 6.07) is 7.77. The van der Waals surface area contributed by atoms with Crippen LogP contribution in [-0.2, 0) is 20.1 Å². The van der Waals surface area contributed by atoms with Crippen LogP contribution in [0.5, 0.6) is 5.75 Å². The molecule has 19 heavy (non-hydrogen) atoms. The molecule has 0 saturated heterocycles. The van der Waals surface area contributed by atoms with Crippen LogP contribution >= 0.6 is 15.9 Å².